The summed E-state index contributed by atoms with van der Waals surface area (Å²) in [5.74, 6) is 0.944. The quantitative estimate of drug-likeness (QED) is 0.718. The summed E-state index contributed by atoms with van der Waals surface area (Å²) in [5, 5.41) is 2.87. The molecule has 4 aliphatic rings. The lowest BCUT2D eigenvalue weighted by Gasteiger charge is -2.40. The summed E-state index contributed by atoms with van der Waals surface area (Å²) < 4.78 is 6.08. The minimum Gasteiger partial charge on any atom is -0.491 e. The van der Waals surface area contributed by atoms with Crippen molar-refractivity contribution in [2.24, 2.45) is 11.3 Å². The van der Waals surface area contributed by atoms with Gasteiger partial charge in [-0.25, -0.2) is 0 Å². The third kappa shape index (κ3) is 5.39. The molecule has 0 atom stereocenters. The van der Waals surface area contributed by atoms with E-state index in [4.69, 9.17) is 4.74 Å². The Kier molecular flexibility index (Phi) is 8.11. The van der Waals surface area contributed by atoms with Gasteiger partial charge in [0.05, 0.1) is 17.5 Å². The van der Waals surface area contributed by atoms with Crippen molar-refractivity contribution in [3.05, 3.63) is 29.8 Å². The molecule has 2 bridgehead atoms. The molecule has 7 heteroatoms. The maximum absolute atomic E-state index is 13.3. The van der Waals surface area contributed by atoms with E-state index in [1.54, 1.807) is 13.1 Å². The molecular weight excluding hydrogens is 430 g/mol. The average Bonchev–Trinajstić information content (AvgIpc) is 2.90. The fourth-order valence-electron chi connectivity index (χ4n) is 5.90. The zero-order chi connectivity index (χ0) is 24.0. The molecule has 0 unspecified atom stereocenters. The van der Waals surface area contributed by atoms with Gasteiger partial charge >= 0.3 is 0 Å². The molecule has 3 aliphatic heterocycles. The maximum Gasteiger partial charge on any atom is 0.257 e. The standard InChI is InChI=1S/C27H39N3O4/c1-28-26(33)27-13-7-8-16-29(24(31)21-9-3-2-4-10-21)19-20-34-23-12-6-5-11-22(23)25(32)30(17-14-27)18-15-27/h5-6,11-12,21H,2-4,7-10,13-20H2,1H3,(H,28,33). The van der Waals surface area contributed by atoms with E-state index in [1.807, 2.05) is 28.0 Å². The van der Waals surface area contributed by atoms with Crippen LogP contribution in [0.4, 0.5) is 0 Å². The van der Waals surface area contributed by atoms with Crippen molar-refractivity contribution < 1.29 is 19.1 Å². The van der Waals surface area contributed by atoms with Gasteiger partial charge < -0.3 is 19.9 Å². The molecule has 34 heavy (non-hydrogen) atoms. The Morgan fingerprint density at radius 2 is 1.68 bits per heavy atom. The van der Waals surface area contributed by atoms with E-state index in [0.717, 1.165) is 44.9 Å². The first-order chi connectivity index (χ1) is 16.5. The smallest absolute Gasteiger partial charge is 0.257 e. The van der Waals surface area contributed by atoms with Gasteiger partial charge in [0.25, 0.3) is 5.91 Å². The number of fused-ring (bicyclic) bond motifs is 9. The van der Waals surface area contributed by atoms with Gasteiger partial charge in [0, 0.05) is 32.6 Å². The second-order valence-electron chi connectivity index (χ2n) is 10.1. The zero-order valence-electron chi connectivity index (χ0n) is 20.5. The number of hydrogen-bond donors (Lipinski definition) is 1. The summed E-state index contributed by atoms with van der Waals surface area (Å²) in [6.45, 7) is 2.70. The number of nitrogens with one attached hydrogen (secondary N) is 1. The van der Waals surface area contributed by atoms with Crippen LogP contribution < -0.4 is 10.1 Å². The second kappa shape index (κ2) is 11.2. The van der Waals surface area contributed by atoms with Crippen molar-refractivity contribution in [1.82, 2.24) is 15.1 Å². The average molecular weight is 470 g/mol. The zero-order valence-corrected chi connectivity index (χ0v) is 20.5. The number of para-hydroxylation sites is 1. The van der Waals surface area contributed by atoms with Crippen LogP contribution in [-0.2, 0) is 9.59 Å². The molecule has 0 spiro atoms. The van der Waals surface area contributed by atoms with Gasteiger partial charge in [-0.15, -0.1) is 0 Å². The summed E-state index contributed by atoms with van der Waals surface area (Å²) in [6.07, 6.45) is 9.28. The topological polar surface area (TPSA) is 79.0 Å². The predicted molar refractivity (Wildman–Crippen MR) is 131 cm³/mol. The minimum absolute atomic E-state index is 0.0499. The van der Waals surface area contributed by atoms with Crippen LogP contribution in [0.25, 0.3) is 0 Å². The highest BCUT2D eigenvalue weighted by atomic mass is 16.5. The Hall–Kier alpha value is -2.57. The number of carbonyl (C=O) groups is 3. The molecule has 1 saturated carbocycles. The summed E-state index contributed by atoms with van der Waals surface area (Å²) in [7, 11) is 1.70. The minimum atomic E-state index is -0.445. The Morgan fingerprint density at radius 3 is 2.41 bits per heavy atom. The Morgan fingerprint density at radius 1 is 0.941 bits per heavy atom. The molecule has 3 amide bonds. The van der Waals surface area contributed by atoms with E-state index in [2.05, 4.69) is 5.32 Å². The van der Waals surface area contributed by atoms with Crippen molar-refractivity contribution >= 4 is 17.7 Å². The van der Waals surface area contributed by atoms with Crippen LogP contribution in [0.1, 0.15) is 74.6 Å². The number of amides is 3. The summed E-state index contributed by atoms with van der Waals surface area (Å²) in [4.78, 5) is 43.4. The number of ether oxygens (including phenoxy) is 1. The number of rotatable bonds is 2. The van der Waals surface area contributed by atoms with Gasteiger partial charge in [-0.3, -0.25) is 14.4 Å². The maximum atomic E-state index is 13.3. The normalized spacial score (nSPS) is 22.2. The van der Waals surface area contributed by atoms with Gasteiger partial charge in [0.15, 0.2) is 0 Å². The summed E-state index contributed by atoms with van der Waals surface area (Å²) >= 11 is 0. The molecule has 1 N–H and O–H groups in total. The number of hydrogen-bond acceptors (Lipinski definition) is 4. The van der Waals surface area contributed by atoms with Crippen LogP contribution in [-0.4, -0.2) is 67.4 Å². The van der Waals surface area contributed by atoms with E-state index in [0.29, 0.717) is 56.9 Å². The van der Waals surface area contributed by atoms with Crippen LogP contribution in [0.5, 0.6) is 5.75 Å². The molecular formula is C27H39N3O4. The highest BCUT2D eigenvalue weighted by Gasteiger charge is 2.41. The van der Waals surface area contributed by atoms with Crippen LogP contribution >= 0.6 is 0 Å². The lowest BCUT2D eigenvalue weighted by Crippen LogP contribution is -2.49. The number of nitrogens with zero attached hydrogens (tertiary/aromatic N) is 2. The second-order valence-corrected chi connectivity index (χ2v) is 10.1. The number of piperidine rings is 1. The molecule has 7 nitrogen and oxygen atoms in total. The molecule has 186 valence electrons. The Bertz CT molecular complexity index is 872. The molecule has 1 aromatic rings. The van der Waals surface area contributed by atoms with Crippen LogP contribution in [0.15, 0.2) is 24.3 Å². The highest BCUT2D eigenvalue weighted by molar-refractivity contribution is 5.97. The third-order valence-electron chi connectivity index (χ3n) is 8.05. The number of benzene rings is 1. The van der Waals surface area contributed by atoms with E-state index < -0.39 is 5.41 Å². The van der Waals surface area contributed by atoms with Gasteiger partial charge in [-0.1, -0.05) is 37.8 Å². The molecule has 0 aromatic heterocycles. The molecule has 1 aliphatic carbocycles. The Labute approximate surface area is 203 Å². The molecule has 2 fully saturated rings. The first kappa shape index (κ1) is 24.6. The molecule has 1 saturated heterocycles. The first-order valence-corrected chi connectivity index (χ1v) is 13.1. The van der Waals surface area contributed by atoms with Crippen molar-refractivity contribution in [3.63, 3.8) is 0 Å². The lowest BCUT2D eigenvalue weighted by atomic mass is 9.73. The van der Waals surface area contributed by atoms with Crippen LogP contribution in [0.3, 0.4) is 0 Å². The fourth-order valence-corrected chi connectivity index (χ4v) is 5.90. The van der Waals surface area contributed by atoms with E-state index in [-0.39, 0.29) is 23.6 Å². The van der Waals surface area contributed by atoms with Crippen molar-refractivity contribution in [3.8, 4) is 5.75 Å². The Balaban J connectivity index is 1.56. The fraction of sp³-hybridized carbons (Fsp3) is 0.667. The van der Waals surface area contributed by atoms with Gasteiger partial charge in [-0.05, 0) is 50.7 Å². The predicted octanol–water partition coefficient (Wildman–Crippen LogP) is 3.63. The van der Waals surface area contributed by atoms with Crippen molar-refractivity contribution in [2.45, 2.75) is 64.2 Å². The highest BCUT2D eigenvalue weighted by Crippen LogP contribution is 2.38. The molecule has 1 aromatic carbocycles. The molecule has 5 rings (SSSR count). The summed E-state index contributed by atoms with van der Waals surface area (Å²) in [5.41, 5.74) is 0.106. The van der Waals surface area contributed by atoms with Gasteiger partial charge in [0.2, 0.25) is 11.8 Å². The van der Waals surface area contributed by atoms with Crippen LogP contribution in [0, 0.1) is 11.3 Å². The van der Waals surface area contributed by atoms with E-state index in [1.165, 1.54) is 6.42 Å². The van der Waals surface area contributed by atoms with Crippen molar-refractivity contribution in [2.75, 3.05) is 39.8 Å². The molecule has 0 radical (unpaired) electrons. The third-order valence-corrected chi connectivity index (χ3v) is 8.05. The van der Waals surface area contributed by atoms with E-state index in [9.17, 15) is 14.4 Å². The van der Waals surface area contributed by atoms with E-state index >= 15 is 0 Å². The van der Waals surface area contributed by atoms with Crippen LogP contribution in [0.2, 0.25) is 0 Å². The lowest BCUT2D eigenvalue weighted by molar-refractivity contribution is -0.137. The van der Waals surface area contributed by atoms with Crippen molar-refractivity contribution in [1.29, 1.82) is 0 Å². The SMILES string of the molecule is CNC(=O)C12CCCCN(C(=O)C3CCCCC3)CCOc3ccccc3C(=O)N(CC1)CC2. The molecule has 3 heterocycles. The van der Waals surface area contributed by atoms with Gasteiger partial charge in [-0.2, -0.15) is 0 Å². The first-order valence-electron chi connectivity index (χ1n) is 13.1. The summed E-state index contributed by atoms with van der Waals surface area (Å²) in [6, 6.07) is 7.36. The van der Waals surface area contributed by atoms with Gasteiger partial charge in [0.1, 0.15) is 12.4 Å². The largest absolute Gasteiger partial charge is 0.491 e. The number of carbonyl (C=O) groups excluding carboxylic acids is 3. The monoisotopic (exact) mass is 469 g/mol.